The van der Waals surface area contributed by atoms with Crippen molar-refractivity contribution in [2.24, 2.45) is 5.92 Å². The average Bonchev–Trinajstić information content (AvgIpc) is 3.39. The SMILES string of the molecule is CCCCO[C@H]1CN[C@@H]([C@@H](O)[C@H](Cc2cc(F)cc(F)c2)NC(=O)C2CC(=O)N(CCO)C2)C1. The standard InChI is InChI=1S/C24H35F2N3O5/c1-2-3-6-34-19-12-20(27-13-19)23(32)21(9-15-7-17(25)11-18(26)8-15)28-24(33)16-10-22(31)29(14-16)4-5-30/h7-8,11,16,19-21,23,27,30,32H,2-6,9-10,12-14H2,1H3,(H,28,33)/t16?,19-,20-,21+,23-/m1/s1. The second-order valence-electron chi connectivity index (χ2n) is 9.15. The largest absolute Gasteiger partial charge is 0.395 e. The first-order chi connectivity index (χ1) is 16.3. The summed E-state index contributed by atoms with van der Waals surface area (Å²) in [4.78, 5) is 26.5. The highest BCUT2D eigenvalue weighted by Crippen LogP contribution is 2.22. The van der Waals surface area contributed by atoms with Gasteiger partial charge < -0.3 is 30.5 Å². The van der Waals surface area contributed by atoms with Gasteiger partial charge in [0.05, 0.1) is 30.8 Å². The van der Waals surface area contributed by atoms with Gasteiger partial charge in [-0.1, -0.05) is 13.3 Å². The first-order valence-electron chi connectivity index (χ1n) is 12.0. The third-order valence-electron chi connectivity index (χ3n) is 6.46. The molecule has 1 unspecified atom stereocenters. The smallest absolute Gasteiger partial charge is 0.225 e. The lowest BCUT2D eigenvalue weighted by atomic mass is 9.94. The number of benzene rings is 1. The Morgan fingerprint density at radius 1 is 1.32 bits per heavy atom. The Morgan fingerprint density at radius 3 is 2.74 bits per heavy atom. The van der Waals surface area contributed by atoms with E-state index < -0.39 is 35.6 Å². The Hall–Kier alpha value is -2.14. The Kier molecular flexibility index (Phi) is 9.75. The third kappa shape index (κ3) is 7.18. The Labute approximate surface area is 198 Å². The normalized spacial score (nSPS) is 24.4. The molecule has 3 rings (SSSR count). The van der Waals surface area contributed by atoms with E-state index in [-0.39, 0.29) is 50.6 Å². The summed E-state index contributed by atoms with van der Waals surface area (Å²) in [6.45, 7) is 3.41. The fourth-order valence-corrected chi connectivity index (χ4v) is 4.62. The summed E-state index contributed by atoms with van der Waals surface area (Å²) in [6.07, 6.45) is 1.43. The lowest BCUT2D eigenvalue weighted by Gasteiger charge is -2.29. The molecule has 2 aliphatic rings. The van der Waals surface area contributed by atoms with Crippen molar-refractivity contribution in [3.8, 4) is 0 Å². The number of hydrogen-bond donors (Lipinski definition) is 4. The van der Waals surface area contributed by atoms with Crippen molar-refractivity contribution in [2.45, 2.75) is 63.3 Å². The molecule has 2 saturated heterocycles. The molecule has 0 bridgehead atoms. The highest BCUT2D eigenvalue weighted by Gasteiger charge is 2.38. The van der Waals surface area contributed by atoms with Crippen molar-refractivity contribution < 1.29 is 33.3 Å². The topological polar surface area (TPSA) is 111 Å². The molecule has 34 heavy (non-hydrogen) atoms. The lowest BCUT2D eigenvalue weighted by Crippen LogP contribution is -2.53. The number of amides is 2. The molecule has 190 valence electrons. The van der Waals surface area contributed by atoms with E-state index in [9.17, 15) is 23.5 Å². The molecule has 2 fully saturated rings. The second kappa shape index (κ2) is 12.5. The monoisotopic (exact) mass is 483 g/mol. The zero-order valence-corrected chi connectivity index (χ0v) is 19.5. The van der Waals surface area contributed by atoms with Crippen LogP contribution in [0.2, 0.25) is 0 Å². The summed E-state index contributed by atoms with van der Waals surface area (Å²) in [7, 11) is 0. The zero-order valence-electron chi connectivity index (χ0n) is 19.5. The van der Waals surface area contributed by atoms with E-state index in [4.69, 9.17) is 9.84 Å². The number of aliphatic hydroxyl groups is 2. The molecule has 0 aliphatic carbocycles. The molecule has 1 aromatic rings. The molecule has 2 heterocycles. The van der Waals surface area contributed by atoms with Gasteiger partial charge >= 0.3 is 0 Å². The second-order valence-corrected chi connectivity index (χ2v) is 9.15. The van der Waals surface area contributed by atoms with Gasteiger partial charge in [-0.05, 0) is 37.0 Å². The molecule has 2 aliphatic heterocycles. The van der Waals surface area contributed by atoms with Crippen LogP contribution in [0.3, 0.4) is 0 Å². The average molecular weight is 484 g/mol. The van der Waals surface area contributed by atoms with Crippen LogP contribution in [-0.4, -0.2) is 84.1 Å². The number of hydrogen-bond acceptors (Lipinski definition) is 6. The number of rotatable bonds is 12. The fourth-order valence-electron chi connectivity index (χ4n) is 4.62. The number of β-amino-alcohol motifs (C(OH)–C–C–N with tert-alkyl or cyclic N) is 1. The minimum Gasteiger partial charge on any atom is -0.395 e. The number of carbonyl (C=O) groups excluding carboxylic acids is 2. The zero-order chi connectivity index (χ0) is 24.7. The van der Waals surface area contributed by atoms with Gasteiger partial charge in [-0.2, -0.15) is 0 Å². The molecule has 0 aromatic heterocycles. The summed E-state index contributed by atoms with van der Waals surface area (Å²) in [5, 5.41) is 26.3. The number of carbonyl (C=O) groups is 2. The van der Waals surface area contributed by atoms with Crippen LogP contribution >= 0.6 is 0 Å². The first-order valence-corrected chi connectivity index (χ1v) is 12.0. The molecule has 4 N–H and O–H groups in total. The summed E-state index contributed by atoms with van der Waals surface area (Å²) in [6, 6.07) is 1.92. The summed E-state index contributed by atoms with van der Waals surface area (Å²) >= 11 is 0. The van der Waals surface area contributed by atoms with E-state index in [0.29, 0.717) is 25.1 Å². The number of nitrogens with zero attached hydrogens (tertiary/aromatic N) is 1. The summed E-state index contributed by atoms with van der Waals surface area (Å²) in [5.41, 5.74) is 0.306. The van der Waals surface area contributed by atoms with Crippen LogP contribution in [0.5, 0.6) is 0 Å². The van der Waals surface area contributed by atoms with Crippen molar-refractivity contribution in [2.75, 3.05) is 32.8 Å². The number of nitrogens with one attached hydrogen (secondary N) is 2. The minimum absolute atomic E-state index is 0.0122. The van der Waals surface area contributed by atoms with Crippen molar-refractivity contribution in [3.05, 3.63) is 35.4 Å². The van der Waals surface area contributed by atoms with Crippen LogP contribution in [-0.2, 0) is 20.7 Å². The molecular weight excluding hydrogens is 448 g/mol. The van der Waals surface area contributed by atoms with E-state index in [1.54, 1.807) is 0 Å². The van der Waals surface area contributed by atoms with Crippen molar-refractivity contribution in [1.29, 1.82) is 0 Å². The maximum Gasteiger partial charge on any atom is 0.225 e. The quantitative estimate of drug-likeness (QED) is 0.327. The van der Waals surface area contributed by atoms with Crippen LogP contribution in [0.25, 0.3) is 0 Å². The van der Waals surface area contributed by atoms with Gasteiger partial charge in [0.2, 0.25) is 11.8 Å². The first kappa shape index (κ1) is 26.5. The van der Waals surface area contributed by atoms with Gasteiger partial charge in [-0.15, -0.1) is 0 Å². The molecule has 1 aromatic carbocycles. The number of unbranched alkanes of at least 4 members (excludes halogenated alkanes) is 1. The number of likely N-dealkylation sites (tertiary alicyclic amines) is 1. The van der Waals surface area contributed by atoms with Crippen LogP contribution in [0.1, 0.15) is 38.2 Å². The number of ether oxygens (including phenoxy) is 1. The maximum atomic E-state index is 13.8. The summed E-state index contributed by atoms with van der Waals surface area (Å²) in [5.74, 6) is -2.73. The molecule has 10 heteroatoms. The molecule has 0 spiro atoms. The Bertz CT molecular complexity index is 823. The van der Waals surface area contributed by atoms with Crippen molar-refractivity contribution >= 4 is 11.8 Å². The molecule has 2 amide bonds. The predicted molar refractivity (Wildman–Crippen MR) is 121 cm³/mol. The summed E-state index contributed by atoms with van der Waals surface area (Å²) < 4.78 is 33.4. The van der Waals surface area contributed by atoms with Gasteiger partial charge in [-0.3, -0.25) is 9.59 Å². The highest BCUT2D eigenvalue weighted by molar-refractivity contribution is 5.89. The van der Waals surface area contributed by atoms with Gasteiger partial charge in [0.1, 0.15) is 11.6 Å². The van der Waals surface area contributed by atoms with E-state index in [1.165, 1.54) is 17.0 Å². The van der Waals surface area contributed by atoms with E-state index >= 15 is 0 Å². The minimum atomic E-state index is -1.04. The van der Waals surface area contributed by atoms with Crippen LogP contribution < -0.4 is 10.6 Å². The number of halogens is 2. The van der Waals surface area contributed by atoms with Gasteiger partial charge in [0.25, 0.3) is 0 Å². The fraction of sp³-hybridized carbons (Fsp3) is 0.667. The third-order valence-corrected chi connectivity index (χ3v) is 6.46. The van der Waals surface area contributed by atoms with Gasteiger partial charge in [0, 0.05) is 44.8 Å². The lowest BCUT2D eigenvalue weighted by molar-refractivity contribution is -0.129. The molecular formula is C24H35F2N3O5. The van der Waals surface area contributed by atoms with Gasteiger partial charge in [-0.25, -0.2) is 8.78 Å². The Balaban J connectivity index is 1.69. The van der Waals surface area contributed by atoms with Gasteiger partial charge in [0.15, 0.2) is 0 Å². The van der Waals surface area contributed by atoms with Crippen LogP contribution in [0.15, 0.2) is 18.2 Å². The van der Waals surface area contributed by atoms with Crippen LogP contribution in [0.4, 0.5) is 8.78 Å². The maximum absolute atomic E-state index is 13.8. The molecule has 8 nitrogen and oxygen atoms in total. The van der Waals surface area contributed by atoms with Crippen molar-refractivity contribution in [1.82, 2.24) is 15.5 Å². The highest BCUT2D eigenvalue weighted by atomic mass is 19.1. The number of aliphatic hydroxyl groups excluding tert-OH is 2. The Morgan fingerprint density at radius 2 is 2.06 bits per heavy atom. The molecule has 0 saturated carbocycles. The predicted octanol–water partition coefficient (Wildman–Crippen LogP) is 0.741. The van der Waals surface area contributed by atoms with E-state index in [0.717, 1.165) is 18.9 Å². The molecule has 0 radical (unpaired) electrons. The van der Waals surface area contributed by atoms with E-state index in [2.05, 4.69) is 17.6 Å². The van der Waals surface area contributed by atoms with Crippen molar-refractivity contribution in [3.63, 3.8) is 0 Å². The molecule has 5 atom stereocenters. The van der Waals surface area contributed by atoms with Crippen LogP contribution in [0, 0.1) is 17.6 Å². The van der Waals surface area contributed by atoms with E-state index in [1.807, 2.05) is 0 Å².